The SMILES string of the molecule is CC(C)(C)SCCCSC(=O)CCCCC(=O)C(C)(C)C. The van der Waals surface area contributed by atoms with Crippen LogP contribution in [0.1, 0.15) is 73.6 Å². The largest absolute Gasteiger partial charge is 0.299 e. The van der Waals surface area contributed by atoms with Gasteiger partial charge in [-0.2, -0.15) is 11.8 Å². The maximum atomic E-state index is 11.7. The zero-order chi connectivity index (χ0) is 16.5. The Morgan fingerprint density at radius 3 is 1.90 bits per heavy atom. The highest BCUT2D eigenvalue weighted by Crippen LogP contribution is 2.24. The second-order valence-corrected chi connectivity index (χ2v) is 10.5. The lowest BCUT2D eigenvalue weighted by Crippen LogP contribution is -2.19. The van der Waals surface area contributed by atoms with Crippen LogP contribution in [0.3, 0.4) is 0 Å². The van der Waals surface area contributed by atoms with Crippen molar-refractivity contribution in [3.8, 4) is 0 Å². The number of hydrogen-bond acceptors (Lipinski definition) is 4. The van der Waals surface area contributed by atoms with Crippen molar-refractivity contribution in [1.82, 2.24) is 0 Å². The lowest BCUT2D eigenvalue weighted by Gasteiger charge is -2.17. The fourth-order valence-corrected chi connectivity index (χ4v) is 3.51. The molecule has 0 atom stereocenters. The summed E-state index contributed by atoms with van der Waals surface area (Å²) in [5.74, 6) is 2.33. The van der Waals surface area contributed by atoms with E-state index >= 15 is 0 Å². The minimum absolute atomic E-state index is 0.247. The topological polar surface area (TPSA) is 34.1 Å². The number of carbonyl (C=O) groups excluding carboxylic acids is 2. The highest BCUT2D eigenvalue weighted by atomic mass is 32.2. The van der Waals surface area contributed by atoms with Gasteiger partial charge < -0.3 is 0 Å². The molecule has 0 aromatic rings. The van der Waals surface area contributed by atoms with E-state index < -0.39 is 0 Å². The number of rotatable bonds is 9. The summed E-state index contributed by atoms with van der Waals surface area (Å²) >= 11 is 3.40. The fraction of sp³-hybridized carbons (Fsp3) is 0.882. The highest BCUT2D eigenvalue weighted by Gasteiger charge is 2.20. The molecular weight excluding hydrogens is 300 g/mol. The molecule has 0 aliphatic heterocycles. The number of thioether (sulfide) groups is 2. The zero-order valence-corrected chi connectivity index (χ0v) is 16.2. The van der Waals surface area contributed by atoms with Crippen LogP contribution in [0.25, 0.3) is 0 Å². The van der Waals surface area contributed by atoms with Crippen molar-refractivity contribution in [2.75, 3.05) is 11.5 Å². The smallest absolute Gasteiger partial charge is 0.188 e. The first-order valence-electron chi connectivity index (χ1n) is 7.85. The fourth-order valence-electron chi connectivity index (χ4n) is 1.63. The molecule has 2 nitrogen and oxygen atoms in total. The minimum Gasteiger partial charge on any atom is -0.299 e. The van der Waals surface area contributed by atoms with E-state index in [4.69, 9.17) is 0 Å². The minimum atomic E-state index is -0.247. The van der Waals surface area contributed by atoms with Crippen molar-refractivity contribution in [1.29, 1.82) is 0 Å². The van der Waals surface area contributed by atoms with Gasteiger partial charge in [0, 0.05) is 28.8 Å². The second-order valence-electron chi connectivity index (χ2n) is 7.42. The van der Waals surface area contributed by atoms with Gasteiger partial charge in [0.15, 0.2) is 5.12 Å². The van der Waals surface area contributed by atoms with Gasteiger partial charge in [0.25, 0.3) is 0 Å². The molecule has 124 valence electrons. The van der Waals surface area contributed by atoms with Gasteiger partial charge in [0.05, 0.1) is 0 Å². The quantitative estimate of drug-likeness (QED) is 0.533. The summed E-state index contributed by atoms with van der Waals surface area (Å²) in [5.41, 5.74) is -0.247. The predicted octanol–water partition coefficient (Wildman–Crippen LogP) is 5.34. The van der Waals surface area contributed by atoms with E-state index in [9.17, 15) is 9.59 Å². The third kappa shape index (κ3) is 13.4. The summed E-state index contributed by atoms with van der Waals surface area (Å²) in [7, 11) is 0. The number of carbonyl (C=O) groups is 2. The predicted molar refractivity (Wildman–Crippen MR) is 97.2 cm³/mol. The van der Waals surface area contributed by atoms with Gasteiger partial charge in [0.1, 0.15) is 5.78 Å². The zero-order valence-electron chi connectivity index (χ0n) is 14.6. The normalized spacial score (nSPS) is 12.5. The molecule has 21 heavy (non-hydrogen) atoms. The average Bonchev–Trinajstić information content (AvgIpc) is 2.31. The summed E-state index contributed by atoms with van der Waals surface area (Å²) in [5, 5.41) is 0.277. The van der Waals surface area contributed by atoms with E-state index in [0.717, 1.165) is 30.8 Å². The van der Waals surface area contributed by atoms with Crippen LogP contribution in [0.5, 0.6) is 0 Å². The van der Waals surface area contributed by atoms with Crippen molar-refractivity contribution in [2.45, 2.75) is 78.4 Å². The van der Waals surface area contributed by atoms with Crippen LogP contribution >= 0.6 is 23.5 Å². The summed E-state index contributed by atoms with van der Waals surface area (Å²) < 4.78 is 0.314. The third-order valence-electron chi connectivity index (χ3n) is 2.96. The number of unbranched alkanes of at least 4 members (excludes halogenated alkanes) is 1. The molecule has 0 aliphatic carbocycles. The summed E-state index contributed by atoms with van der Waals surface area (Å²) in [4.78, 5) is 23.5. The lowest BCUT2D eigenvalue weighted by molar-refractivity contribution is -0.126. The Labute approximate surface area is 139 Å². The molecule has 0 unspecified atom stereocenters. The van der Waals surface area contributed by atoms with Crippen LogP contribution in [0.15, 0.2) is 0 Å². The molecule has 0 saturated heterocycles. The molecule has 0 fully saturated rings. The van der Waals surface area contributed by atoms with Crippen LogP contribution in [0.4, 0.5) is 0 Å². The van der Waals surface area contributed by atoms with Crippen LogP contribution in [-0.4, -0.2) is 27.2 Å². The molecule has 0 aromatic heterocycles. The Morgan fingerprint density at radius 1 is 0.810 bits per heavy atom. The van der Waals surface area contributed by atoms with Crippen LogP contribution in [0, 0.1) is 5.41 Å². The second kappa shape index (κ2) is 9.94. The van der Waals surface area contributed by atoms with E-state index in [1.165, 1.54) is 11.8 Å². The van der Waals surface area contributed by atoms with Crippen LogP contribution < -0.4 is 0 Å². The summed E-state index contributed by atoms with van der Waals surface area (Å²) in [6.45, 7) is 12.5. The molecule has 0 saturated carbocycles. The van der Waals surface area contributed by atoms with E-state index in [0.29, 0.717) is 23.4 Å². The molecule has 0 heterocycles. The maximum absolute atomic E-state index is 11.7. The average molecular weight is 333 g/mol. The van der Waals surface area contributed by atoms with E-state index in [1.54, 1.807) is 0 Å². The number of Topliss-reactive ketones (excluding diaryl/α,β-unsaturated/α-hetero) is 1. The first-order valence-corrected chi connectivity index (χ1v) is 9.82. The van der Waals surface area contributed by atoms with Crippen LogP contribution in [0.2, 0.25) is 0 Å². The molecule has 0 N–H and O–H groups in total. The third-order valence-corrected chi connectivity index (χ3v) is 5.34. The van der Waals surface area contributed by atoms with E-state index in [2.05, 4.69) is 20.8 Å². The standard InChI is InChI=1S/C17H32O2S2/c1-16(2,3)14(18)10-7-8-11-15(19)20-12-9-13-21-17(4,5)6/h7-13H2,1-6H3. The lowest BCUT2D eigenvalue weighted by atomic mass is 9.88. The molecule has 4 heteroatoms. The molecule has 0 bridgehead atoms. The van der Waals surface area contributed by atoms with Gasteiger partial charge in [-0.15, -0.1) is 0 Å². The van der Waals surface area contributed by atoms with Gasteiger partial charge >= 0.3 is 0 Å². The van der Waals surface area contributed by atoms with E-state index in [1.807, 2.05) is 32.5 Å². The summed E-state index contributed by atoms with van der Waals surface area (Å²) in [6.07, 6.45) is 3.96. The Kier molecular flexibility index (Phi) is 9.96. The first kappa shape index (κ1) is 21.0. The summed E-state index contributed by atoms with van der Waals surface area (Å²) in [6, 6.07) is 0. The van der Waals surface area contributed by atoms with Gasteiger partial charge in [-0.1, -0.05) is 53.3 Å². The Hall–Kier alpha value is 0.0400. The maximum Gasteiger partial charge on any atom is 0.188 e. The van der Waals surface area contributed by atoms with E-state index in [-0.39, 0.29) is 10.5 Å². The molecule has 0 amide bonds. The van der Waals surface area contributed by atoms with Crippen molar-refractivity contribution < 1.29 is 9.59 Å². The van der Waals surface area contributed by atoms with Crippen molar-refractivity contribution in [2.24, 2.45) is 5.41 Å². The molecule has 0 radical (unpaired) electrons. The molecule has 0 aliphatic rings. The van der Waals surface area contributed by atoms with Gasteiger partial charge in [0.2, 0.25) is 0 Å². The van der Waals surface area contributed by atoms with Gasteiger partial charge in [-0.3, -0.25) is 9.59 Å². The van der Waals surface area contributed by atoms with Gasteiger partial charge in [-0.25, -0.2) is 0 Å². The molecule has 0 rings (SSSR count). The first-order chi connectivity index (χ1) is 9.52. The van der Waals surface area contributed by atoms with Crippen molar-refractivity contribution >= 4 is 34.4 Å². The monoisotopic (exact) mass is 332 g/mol. The number of hydrogen-bond donors (Lipinski definition) is 0. The molecule has 0 spiro atoms. The van der Waals surface area contributed by atoms with Crippen molar-refractivity contribution in [3.05, 3.63) is 0 Å². The Morgan fingerprint density at radius 2 is 1.38 bits per heavy atom. The van der Waals surface area contributed by atoms with Gasteiger partial charge in [-0.05, 0) is 25.0 Å². The van der Waals surface area contributed by atoms with Crippen molar-refractivity contribution in [3.63, 3.8) is 0 Å². The Balaban J connectivity index is 3.54. The Bertz CT molecular complexity index is 325. The van der Waals surface area contributed by atoms with Crippen LogP contribution in [-0.2, 0) is 9.59 Å². The highest BCUT2D eigenvalue weighted by molar-refractivity contribution is 8.13. The molecular formula is C17H32O2S2. The number of ketones is 1. The molecule has 0 aromatic carbocycles.